The fourth-order valence-corrected chi connectivity index (χ4v) is 10.3. The van der Waals surface area contributed by atoms with Gasteiger partial charge < -0.3 is 28.4 Å². The first kappa shape index (κ1) is 62.7. The topological polar surface area (TPSA) is 158 Å². The molecule has 9 rings (SSSR count). The van der Waals surface area contributed by atoms with Gasteiger partial charge in [0.2, 0.25) is 0 Å². The van der Waals surface area contributed by atoms with Crippen molar-refractivity contribution >= 4 is 128 Å². The summed E-state index contributed by atoms with van der Waals surface area (Å²) in [4.78, 5) is 71.1. The monoisotopic (exact) mass is 1200 g/mol. The lowest BCUT2D eigenvalue weighted by molar-refractivity contribution is -0.164. The summed E-state index contributed by atoms with van der Waals surface area (Å²) in [7, 11) is 0. The Hall–Kier alpha value is -7.87. The predicted octanol–water partition coefficient (Wildman–Crippen LogP) is 17.0. The quantitative estimate of drug-likeness (QED) is 0.0455. The van der Waals surface area contributed by atoms with Crippen molar-refractivity contribution in [3.8, 4) is 0 Å². The van der Waals surface area contributed by atoms with Crippen LogP contribution in [0.5, 0.6) is 0 Å². The molecule has 0 spiro atoms. The van der Waals surface area contributed by atoms with Gasteiger partial charge in [0.05, 0.1) is 17.8 Å². The van der Waals surface area contributed by atoms with Crippen molar-refractivity contribution in [1.29, 1.82) is 0 Å². The number of halogens is 2. The summed E-state index contributed by atoms with van der Waals surface area (Å²) in [6.45, 7) is 15.3. The van der Waals surface area contributed by atoms with E-state index in [9.17, 15) is 28.8 Å². The molecule has 0 saturated carbocycles. The van der Waals surface area contributed by atoms with E-state index in [1.807, 2.05) is 125 Å². The molecular weight excluding hydrogens is 1140 g/mol. The first-order chi connectivity index (χ1) is 39.8. The smallest absolute Gasteiger partial charge is 0.344 e. The third-order valence-electron chi connectivity index (χ3n) is 14.8. The molecular formula is C69H70BrClO12. The number of rotatable bonds is 18. The number of hydrogen-bond acceptors (Lipinski definition) is 12. The summed E-state index contributed by atoms with van der Waals surface area (Å²) in [5.41, 5.74) is 2.62. The van der Waals surface area contributed by atoms with Crippen molar-refractivity contribution in [3.05, 3.63) is 178 Å². The SMILES string of the molecule is CCC(C)C(=O)OCC(=O)OC(C)c1ccc2c(c1)cc(Cl)c1ccccc12.CCC(C)C(=O)OCC(=O)OC(C)c1ccc2c(ccc3ccccc32)c1.CCC(C)C(=O)OCC(=O)OC(C)c1ccc2c(ccc3ccccc32)c1Br. The van der Waals surface area contributed by atoms with E-state index in [2.05, 4.69) is 70.5 Å². The highest BCUT2D eigenvalue weighted by Crippen LogP contribution is 2.37. The van der Waals surface area contributed by atoms with E-state index in [1.54, 1.807) is 34.6 Å². The van der Waals surface area contributed by atoms with Gasteiger partial charge in [0.15, 0.2) is 19.8 Å². The second-order valence-electron chi connectivity index (χ2n) is 20.6. The lowest BCUT2D eigenvalue weighted by atomic mass is 9.99. The summed E-state index contributed by atoms with van der Waals surface area (Å²) in [6.07, 6.45) is 0.651. The molecule has 14 heteroatoms. The van der Waals surface area contributed by atoms with Crippen molar-refractivity contribution in [2.24, 2.45) is 17.8 Å². The standard InChI is InChI=1S/C23H23BrO4.C23H23ClO4.C23H24O4/c1-4-14(2)23(26)27-13-21(25)28-15(3)17-11-12-19-18-8-6-5-7-16(18)9-10-20(19)22(17)24;1-4-14(2)23(26)27-13-22(25)28-15(3)16-9-10-18-17(11-16)12-21(24)20-8-6-5-7-19(18)20;1-4-15(2)23(25)26-14-22(24)27-16(3)18-11-12-21-19(13-18)10-9-17-7-5-6-8-20(17)21/h2*5-12,14-15H,4,13H2,1-3H3;5-13,15-16H,4,14H2,1-3H3. The van der Waals surface area contributed by atoms with Crippen molar-refractivity contribution in [3.63, 3.8) is 0 Å². The molecule has 0 aromatic heterocycles. The van der Waals surface area contributed by atoms with Crippen LogP contribution in [0.4, 0.5) is 0 Å². The predicted molar refractivity (Wildman–Crippen MR) is 332 cm³/mol. The van der Waals surface area contributed by atoms with E-state index >= 15 is 0 Å². The minimum Gasteiger partial charge on any atom is -0.455 e. The van der Waals surface area contributed by atoms with Crippen molar-refractivity contribution in [2.75, 3.05) is 19.8 Å². The van der Waals surface area contributed by atoms with Gasteiger partial charge in [0, 0.05) is 20.4 Å². The molecule has 12 nitrogen and oxygen atoms in total. The van der Waals surface area contributed by atoms with Crippen LogP contribution in [0.25, 0.3) is 64.6 Å². The Kier molecular flexibility index (Phi) is 22.2. The first-order valence-electron chi connectivity index (χ1n) is 28.0. The molecule has 9 aromatic carbocycles. The highest BCUT2D eigenvalue weighted by molar-refractivity contribution is 9.10. The zero-order valence-corrected chi connectivity index (χ0v) is 50.6. The number of carbonyl (C=O) groups is 6. The van der Waals surface area contributed by atoms with Crippen molar-refractivity contribution < 1.29 is 57.2 Å². The van der Waals surface area contributed by atoms with Crippen LogP contribution in [0.15, 0.2) is 156 Å². The maximum atomic E-state index is 12.1. The third kappa shape index (κ3) is 16.0. The lowest BCUT2D eigenvalue weighted by Crippen LogP contribution is -2.21. The number of ether oxygens (including phenoxy) is 6. The second-order valence-corrected chi connectivity index (χ2v) is 21.8. The molecule has 0 amide bonds. The third-order valence-corrected chi connectivity index (χ3v) is 16.0. The summed E-state index contributed by atoms with van der Waals surface area (Å²) >= 11 is 10.1. The van der Waals surface area contributed by atoms with Crippen LogP contribution in [0, 0.1) is 17.8 Å². The number of fused-ring (bicyclic) bond motifs is 9. The van der Waals surface area contributed by atoms with Gasteiger partial charge in [-0.15, -0.1) is 0 Å². The normalized spacial score (nSPS) is 13.3. The molecule has 432 valence electrons. The minimum absolute atomic E-state index is 0.217. The maximum Gasteiger partial charge on any atom is 0.344 e. The van der Waals surface area contributed by atoms with E-state index in [-0.39, 0.29) is 55.5 Å². The molecule has 0 fully saturated rings. The fourth-order valence-electron chi connectivity index (χ4n) is 9.22. The maximum absolute atomic E-state index is 12.1. The van der Waals surface area contributed by atoms with Gasteiger partial charge in [-0.3, -0.25) is 14.4 Å². The Morgan fingerprint density at radius 2 is 0.735 bits per heavy atom. The van der Waals surface area contributed by atoms with Gasteiger partial charge >= 0.3 is 35.8 Å². The highest BCUT2D eigenvalue weighted by Gasteiger charge is 2.22. The Balaban J connectivity index is 0.000000179. The van der Waals surface area contributed by atoms with Crippen LogP contribution in [0.3, 0.4) is 0 Å². The fraction of sp³-hybridized carbons (Fsp3) is 0.304. The van der Waals surface area contributed by atoms with E-state index in [4.69, 9.17) is 40.0 Å². The molecule has 6 unspecified atom stereocenters. The van der Waals surface area contributed by atoms with Crippen LogP contribution in [0.2, 0.25) is 5.02 Å². The van der Waals surface area contributed by atoms with Gasteiger partial charge in [0.1, 0.15) is 18.3 Å². The molecule has 0 aliphatic rings. The van der Waals surface area contributed by atoms with Gasteiger partial charge in [-0.2, -0.15) is 0 Å². The van der Waals surface area contributed by atoms with Crippen LogP contribution in [-0.2, 0) is 57.2 Å². The first-order valence-corrected chi connectivity index (χ1v) is 29.2. The van der Waals surface area contributed by atoms with Gasteiger partial charge in [-0.1, -0.05) is 187 Å². The molecule has 83 heavy (non-hydrogen) atoms. The molecule has 9 aromatic rings. The average Bonchev–Trinajstić information content (AvgIpc) is 3.65. The van der Waals surface area contributed by atoms with Crippen molar-refractivity contribution in [1.82, 2.24) is 0 Å². The Morgan fingerprint density at radius 1 is 0.386 bits per heavy atom. The number of hydrogen-bond donors (Lipinski definition) is 0. The number of carbonyl (C=O) groups excluding carboxylic acids is 6. The Bertz CT molecular complexity index is 3820. The van der Waals surface area contributed by atoms with Gasteiger partial charge in [-0.25, -0.2) is 14.4 Å². The van der Waals surface area contributed by atoms with E-state index in [1.165, 1.54) is 21.5 Å². The molecule has 0 aliphatic heterocycles. The molecule has 0 radical (unpaired) electrons. The molecule has 0 heterocycles. The summed E-state index contributed by atoms with van der Waals surface area (Å²) < 4.78 is 32.2. The zero-order chi connectivity index (χ0) is 59.9. The van der Waals surface area contributed by atoms with Gasteiger partial charge in [0.25, 0.3) is 0 Å². The van der Waals surface area contributed by atoms with Crippen LogP contribution < -0.4 is 0 Å². The highest BCUT2D eigenvalue weighted by atomic mass is 79.9. The van der Waals surface area contributed by atoms with Crippen LogP contribution in [0.1, 0.15) is 117 Å². The molecule has 6 atom stereocenters. The lowest BCUT2D eigenvalue weighted by Gasteiger charge is -2.17. The molecule has 0 N–H and O–H groups in total. The Morgan fingerprint density at radius 3 is 1.23 bits per heavy atom. The summed E-state index contributed by atoms with van der Waals surface area (Å²) in [5, 5.41) is 14.0. The number of benzene rings is 9. The average molecular weight is 1210 g/mol. The van der Waals surface area contributed by atoms with E-state index in [0.717, 1.165) is 64.3 Å². The molecule has 0 bridgehead atoms. The summed E-state index contributed by atoms with van der Waals surface area (Å²) in [5.74, 6) is -3.50. The van der Waals surface area contributed by atoms with Crippen LogP contribution >= 0.6 is 27.5 Å². The van der Waals surface area contributed by atoms with Crippen LogP contribution in [-0.4, -0.2) is 55.6 Å². The second kappa shape index (κ2) is 29.4. The summed E-state index contributed by atoms with van der Waals surface area (Å²) in [6, 6.07) is 50.7. The number of esters is 6. The Labute approximate surface area is 497 Å². The van der Waals surface area contributed by atoms with Crippen molar-refractivity contribution in [2.45, 2.75) is 99.9 Å². The van der Waals surface area contributed by atoms with E-state index < -0.39 is 36.2 Å². The zero-order valence-electron chi connectivity index (χ0n) is 48.3. The van der Waals surface area contributed by atoms with E-state index in [0.29, 0.717) is 24.3 Å². The minimum atomic E-state index is -0.569. The molecule has 0 saturated heterocycles. The molecule has 0 aliphatic carbocycles. The van der Waals surface area contributed by atoms with Gasteiger partial charge in [-0.05, 0) is 145 Å². The largest absolute Gasteiger partial charge is 0.455 e.